The summed E-state index contributed by atoms with van der Waals surface area (Å²) in [6.45, 7) is 6.53. The third-order valence-electron chi connectivity index (χ3n) is 4.49. The number of carbonyl (C=O) groups is 2. The molecule has 156 valence electrons. The van der Waals surface area contributed by atoms with E-state index in [4.69, 9.17) is 34.8 Å². The van der Waals surface area contributed by atoms with E-state index in [0.29, 0.717) is 33.1 Å². The van der Waals surface area contributed by atoms with E-state index in [0.717, 1.165) is 5.56 Å². The Hall–Kier alpha value is -1.75. The second-order valence-corrected chi connectivity index (χ2v) is 8.57. The summed E-state index contributed by atoms with van der Waals surface area (Å²) in [6.07, 6.45) is 0.1000. The lowest BCUT2D eigenvalue weighted by Gasteiger charge is -2.29. The van der Waals surface area contributed by atoms with Crippen LogP contribution in [0.15, 0.2) is 42.5 Å². The molecular weight excluding hydrogens is 431 g/mol. The van der Waals surface area contributed by atoms with Gasteiger partial charge in [0.05, 0.1) is 16.5 Å². The zero-order chi connectivity index (χ0) is 21.6. The van der Waals surface area contributed by atoms with E-state index in [9.17, 15) is 9.59 Å². The lowest BCUT2D eigenvalue weighted by Crippen LogP contribution is -2.48. The van der Waals surface area contributed by atoms with Gasteiger partial charge in [-0.15, -0.1) is 0 Å². The van der Waals surface area contributed by atoms with Crippen molar-refractivity contribution in [2.45, 2.75) is 39.8 Å². The highest BCUT2D eigenvalue weighted by molar-refractivity contribution is 6.42. The molecule has 4 nitrogen and oxygen atoms in total. The topological polar surface area (TPSA) is 49.4 Å². The molecule has 2 rings (SSSR count). The first-order chi connectivity index (χ1) is 13.7. The fraction of sp³-hybridized carbons (Fsp3) is 0.364. The Kier molecular flexibility index (Phi) is 8.81. The summed E-state index contributed by atoms with van der Waals surface area (Å²) in [6, 6.07) is 11.7. The molecule has 2 aromatic carbocycles. The molecule has 1 atom stereocenters. The van der Waals surface area contributed by atoms with Gasteiger partial charge in [-0.2, -0.15) is 0 Å². The summed E-state index contributed by atoms with van der Waals surface area (Å²) in [5.74, 6) is -0.0869. The average Bonchev–Trinajstić information content (AvgIpc) is 2.68. The maximum absolute atomic E-state index is 13.1. The minimum absolute atomic E-state index is 0.1000. The van der Waals surface area contributed by atoms with Crippen LogP contribution >= 0.6 is 34.8 Å². The molecule has 0 aliphatic carbocycles. The number of nitrogens with one attached hydrogen (secondary N) is 1. The van der Waals surface area contributed by atoms with Crippen molar-refractivity contribution in [3.63, 3.8) is 0 Å². The molecule has 0 aliphatic heterocycles. The number of hydrogen-bond donors (Lipinski definition) is 1. The molecule has 0 spiro atoms. The van der Waals surface area contributed by atoms with Crippen LogP contribution in [0, 0.1) is 5.92 Å². The number of hydrogen-bond acceptors (Lipinski definition) is 2. The van der Waals surface area contributed by atoms with Crippen LogP contribution in [0.3, 0.4) is 0 Å². The van der Waals surface area contributed by atoms with Crippen molar-refractivity contribution >= 4 is 46.6 Å². The highest BCUT2D eigenvalue weighted by Gasteiger charge is 2.26. The Morgan fingerprint density at radius 1 is 0.966 bits per heavy atom. The van der Waals surface area contributed by atoms with E-state index < -0.39 is 6.04 Å². The first-order valence-electron chi connectivity index (χ1n) is 9.43. The number of rotatable bonds is 8. The molecular formula is C22H25Cl3N2O2. The van der Waals surface area contributed by atoms with Crippen LogP contribution in [-0.2, 0) is 22.6 Å². The monoisotopic (exact) mass is 454 g/mol. The van der Waals surface area contributed by atoms with Crippen LogP contribution in [0.2, 0.25) is 15.1 Å². The summed E-state index contributed by atoms with van der Waals surface area (Å²) < 4.78 is 0. The fourth-order valence-corrected chi connectivity index (χ4v) is 3.30. The zero-order valence-electron chi connectivity index (χ0n) is 16.7. The second kappa shape index (κ2) is 10.9. The Morgan fingerprint density at radius 3 is 2.28 bits per heavy atom. The molecule has 0 radical (unpaired) electrons. The van der Waals surface area contributed by atoms with E-state index in [1.54, 1.807) is 42.2 Å². The maximum Gasteiger partial charge on any atom is 0.242 e. The Morgan fingerprint density at radius 2 is 1.66 bits per heavy atom. The van der Waals surface area contributed by atoms with Gasteiger partial charge in [-0.05, 0) is 42.2 Å². The molecule has 2 aromatic rings. The largest absolute Gasteiger partial charge is 0.354 e. The molecule has 2 amide bonds. The number of halogens is 3. The van der Waals surface area contributed by atoms with Gasteiger partial charge < -0.3 is 10.2 Å². The number of amides is 2. The molecule has 0 heterocycles. The third kappa shape index (κ3) is 6.91. The molecule has 0 saturated heterocycles. The van der Waals surface area contributed by atoms with Crippen LogP contribution in [0.25, 0.3) is 0 Å². The summed E-state index contributed by atoms with van der Waals surface area (Å²) in [5.41, 5.74) is 1.50. The van der Waals surface area contributed by atoms with Crippen molar-refractivity contribution in [1.29, 1.82) is 0 Å². The lowest BCUT2D eigenvalue weighted by molar-refractivity contribution is -0.140. The minimum Gasteiger partial charge on any atom is -0.354 e. The smallest absolute Gasteiger partial charge is 0.242 e. The van der Waals surface area contributed by atoms with Gasteiger partial charge in [-0.1, -0.05) is 72.9 Å². The van der Waals surface area contributed by atoms with Crippen LogP contribution in [0.4, 0.5) is 0 Å². The van der Waals surface area contributed by atoms with E-state index >= 15 is 0 Å². The third-order valence-corrected chi connectivity index (χ3v) is 5.60. The lowest BCUT2D eigenvalue weighted by atomic mass is 10.1. The van der Waals surface area contributed by atoms with Crippen LogP contribution in [0.1, 0.15) is 31.9 Å². The number of benzene rings is 2. The molecule has 7 heteroatoms. The van der Waals surface area contributed by atoms with E-state index in [1.807, 2.05) is 26.0 Å². The van der Waals surface area contributed by atoms with Crippen LogP contribution in [0.5, 0.6) is 0 Å². The van der Waals surface area contributed by atoms with Gasteiger partial charge in [-0.3, -0.25) is 9.59 Å². The van der Waals surface area contributed by atoms with Gasteiger partial charge in [0, 0.05) is 18.1 Å². The Bertz CT molecular complexity index is 871. The Labute approximate surface area is 187 Å². The summed E-state index contributed by atoms with van der Waals surface area (Å²) in [5, 5.41) is 4.25. The molecule has 29 heavy (non-hydrogen) atoms. The normalized spacial score (nSPS) is 12.0. The first kappa shape index (κ1) is 23.5. The van der Waals surface area contributed by atoms with E-state index in [1.165, 1.54) is 0 Å². The van der Waals surface area contributed by atoms with Crippen molar-refractivity contribution in [2.75, 3.05) is 6.54 Å². The van der Waals surface area contributed by atoms with Crippen LogP contribution < -0.4 is 5.32 Å². The van der Waals surface area contributed by atoms with E-state index in [-0.39, 0.29) is 24.8 Å². The van der Waals surface area contributed by atoms with Gasteiger partial charge in [0.1, 0.15) is 6.04 Å². The molecule has 0 saturated carbocycles. The van der Waals surface area contributed by atoms with Crippen molar-refractivity contribution in [3.05, 3.63) is 68.7 Å². The van der Waals surface area contributed by atoms with Gasteiger partial charge >= 0.3 is 0 Å². The molecule has 1 N–H and O–H groups in total. The van der Waals surface area contributed by atoms with Crippen molar-refractivity contribution < 1.29 is 9.59 Å². The fourth-order valence-electron chi connectivity index (χ4n) is 2.78. The van der Waals surface area contributed by atoms with Gasteiger partial charge in [0.2, 0.25) is 11.8 Å². The van der Waals surface area contributed by atoms with Gasteiger partial charge in [0.25, 0.3) is 0 Å². The van der Waals surface area contributed by atoms with Crippen molar-refractivity contribution in [3.8, 4) is 0 Å². The Balaban J connectivity index is 2.25. The van der Waals surface area contributed by atoms with Crippen molar-refractivity contribution in [1.82, 2.24) is 10.2 Å². The standard InChI is InChI=1S/C22H25Cl3N2O2/c1-14(2)12-26-22(29)15(3)27(13-16-8-9-19(24)20(25)10-16)21(28)11-17-6-4-5-7-18(17)23/h4-10,14-15H,11-13H2,1-3H3,(H,26,29)/t15-/m0/s1. The molecule has 0 bridgehead atoms. The SMILES string of the molecule is CC(C)CNC(=O)[C@H](C)N(Cc1ccc(Cl)c(Cl)c1)C(=O)Cc1ccccc1Cl. The first-order valence-corrected chi connectivity index (χ1v) is 10.6. The van der Waals surface area contributed by atoms with Crippen LogP contribution in [-0.4, -0.2) is 29.3 Å². The molecule has 0 aliphatic rings. The molecule has 0 fully saturated rings. The quantitative estimate of drug-likeness (QED) is 0.581. The summed E-state index contributed by atoms with van der Waals surface area (Å²) >= 11 is 18.3. The predicted octanol–water partition coefficient (Wildman–Crippen LogP) is 5.38. The summed E-state index contributed by atoms with van der Waals surface area (Å²) in [4.78, 5) is 27.3. The predicted molar refractivity (Wildman–Crippen MR) is 119 cm³/mol. The van der Waals surface area contributed by atoms with Gasteiger partial charge in [0.15, 0.2) is 0 Å². The minimum atomic E-state index is -0.654. The maximum atomic E-state index is 13.1. The number of carbonyl (C=O) groups excluding carboxylic acids is 2. The number of nitrogens with zero attached hydrogens (tertiary/aromatic N) is 1. The average molecular weight is 456 g/mol. The highest BCUT2D eigenvalue weighted by Crippen LogP contribution is 2.24. The summed E-state index contributed by atoms with van der Waals surface area (Å²) in [7, 11) is 0. The highest BCUT2D eigenvalue weighted by atomic mass is 35.5. The molecule has 0 aromatic heterocycles. The van der Waals surface area contributed by atoms with E-state index in [2.05, 4.69) is 5.32 Å². The molecule has 0 unspecified atom stereocenters. The second-order valence-electron chi connectivity index (χ2n) is 7.35. The van der Waals surface area contributed by atoms with Crippen molar-refractivity contribution in [2.24, 2.45) is 5.92 Å². The van der Waals surface area contributed by atoms with Gasteiger partial charge in [-0.25, -0.2) is 0 Å². The zero-order valence-corrected chi connectivity index (χ0v) is 19.0.